The van der Waals surface area contributed by atoms with Crippen molar-refractivity contribution in [2.24, 2.45) is 0 Å². The van der Waals surface area contributed by atoms with E-state index in [2.05, 4.69) is 52.2 Å². The van der Waals surface area contributed by atoms with Crippen LogP contribution in [0.25, 0.3) is 10.6 Å². The number of hydrogen-bond donors (Lipinski definition) is 1. The monoisotopic (exact) mass is 343 g/mol. The standard InChI is InChI=1S/C13H15BrFN3S/c1-13(2,3)16-7-11-17-18-12(19-11)8-4-5-9(14)10(15)6-8/h4-6,16H,7H2,1-3H3. The van der Waals surface area contributed by atoms with Gasteiger partial charge in [-0.05, 0) is 48.8 Å². The topological polar surface area (TPSA) is 37.8 Å². The highest BCUT2D eigenvalue weighted by molar-refractivity contribution is 9.10. The Labute approximate surface area is 124 Å². The summed E-state index contributed by atoms with van der Waals surface area (Å²) in [5.41, 5.74) is 0.787. The van der Waals surface area contributed by atoms with E-state index in [4.69, 9.17) is 0 Å². The van der Waals surface area contributed by atoms with Crippen molar-refractivity contribution in [2.45, 2.75) is 32.9 Å². The summed E-state index contributed by atoms with van der Waals surface area (Å²) < 4.78 is 13.9. The Hall–Kier alpha value is -0.850. The number of halogens is 2. The van der Waals surface area contributed by atoms with Crippen LogP contribution < -0.4 is 5.32 Å². The van der Waals surface area contributed by atoms with E-state index in [1.807, 2.05) is 6.07 Å². The second-order valence-electron chi connectivity index (χ2n) is 5.23. The molecule has 1 heterocycles. The minimum Gasteiger partial charge on any atom is -0.306 e. The predicted octanol–water partition coefficient (Wildman–Crippen LogP) is 3.99. The zero-order valence-electron chi connectivity index (χ0n) is 11.0. The first-order valence-electron chi connectivity index (χ1n) is 5.88. The van der Waals surface area contributed by atoms with Gasteiger partial charge in [0.05, 0.1) is 11.0 Å². The minimum absolute atomic E-state index is 0.0373. The number of nitrogens with one attached hydrogen (secondary N) is 1. The maximum atomic E-state index is 13.5. The molecular formula is C13H15BrFN3S. The molecule has 0 saturated heterocycles. The molecule has 0 radical (unpaired) electrons. The molecular weight excluding hydrogens is 329 g/mol. The van der Waals surface area contributed by atoms with Crippen molar-refractivity contribution >= 4 is 27.3 Å². The predicted molar refractivity (Wildman–Crippen MR) is 79.6 cm³/mol. The van der Waals surface area contributed by atoms with Gasteiger partial charge in [0.1, 0.15) is 15.8 Å². The zero-order chi connectivity index (χ0) is 14.0. The Balaban J connectivity index is 2.14. The highest BCUT2D eigenvalue weighted by Gasteiger charge is 2.12. The molecule has 0 atom stereocenters. The third-order valence-electron chi connectivity index (χ3n) is 2.40. The van der Waals surface area contributed by atoms with Crippen LogP contribution in [0.4, 0.5) is 4.39 Å². The zero-order valence-corrected chi connectivity index (χ0v) is 13.4. The molecule has 19 heavy (non-hydrogen) atoms. The summed E-state index contributed by atoms with van der Waals surface area (Å²) in [6, 6.07) is 4.97. The molecule has 0 unspecified atom stereocenters. The highest BCUT2D eigenvalue weighted by Crippen LogP contribution is 2.27. The molecule has 1 aromatic carbocycles. The third kappa shape index (κ3) is 4.06. The Kier molecular flexibility index (Phi) is 4.32. The molecule has 0 bridgehead atoms. The fourth-order valence-electron chi connectivity index (χ4n) is 1.41. The molecule has 0 spiro atoms. The summed E-state index contributed by atoms with van der Waals surface area (Å²) in [5.74, 6) is -0.290. The number of hydrogen-bond acceptors (Lipinski definition) is 4. The van der Waals surface area contributed by atoms with E-state index in [9.17, 15) is 4.39 Å². The van der Waals surface area contributed by atoms with E-state index in [1.165, 1.54) is 17.4 Å². The van der Waals surface area contributed by atoms with Crippen LogP contribution in [0, 0.1) is 5.82 Å². The molecule has 0 saturated carbocycles. The van der Waals surface area contributed by atoms with Gasteiger partial charge in [-0.25, -0.2) is 4.39 Å². The Morgan fingerprint density at radius 2 is 2.05 bits per heavy atom. The van der Waals surface area contributed by atoms with Crippen LogP contribution in [-0.4, -0.2) is 15.7 Å². The van der Waals surface area contributed by atoms with Crippen LogP contribution in [-0.2, 0) is 6.54 Å². The lowest BCUT2D eigenvalue weighted by Crippen LogP contribution is -2.35. The van der Waals surface area contributed by atoms with Crippen molar-refractivity contribution in [2.75, 3.05) is 0 Å². The van der Waals surface area contributed by atoms with Gasteiger partial charge in [0.25, 0.3) is 0 Å². The lowest BCUT2D eigenvalue weighted by atomic mass is 10.1. The van der Waals surface area contributed by atoms with E-state index in [1.54, 1.807) is 6.07 Å². The first-order chi connectivity index (χ1) is 8.85. The van der Waals surface area contributed by atoms with Crippen LogP contribution in [0.5, 0.6) is 0 Å². The number of nitrogens with zero attached hydrogens (tertiary/aromatic N) is 2. The average Bonchev–Trinajstić information content (AvgIpc) is 2.78. The summed E-state index contributed by atoms with van der Waals surface area (Å²) in [5, 5.41) is 13.2. The van der Waals surface area contributed by atoms with Crippen molar-refractivity contribution in [3.63, 3.8) is 0 Å². The molecule has 0 fully saturated rings. The second kappa shape index (κ2) is 5.64. The quantitative estimate of drug-likeness (QED) is 0.915. The van der Waals surface area contributed by atoms with Crippen molar-refractivity contribution in [1.82, 2.24) is 15.5 Å². The van der Waals surface area contributed by atoms with Gasteiger partial charge in [0, 0.05) is 11.1 Å². The Morgan fingerprint density at radius 3 is 2.68 bits per heavy atom. The van der Waals surface area contributed by atoms with Crippen LogP contribution in [0.1, 0.15) is 25.8 Å². The van der Waals surface area contributed by atoms with Crippen molar-refractivity contribution in [1.29, 1.82) is 0 Å². The molecule has 6 heteroatoms. The van der Waals surface area contributed by atoms with E-state index in [0.29, 0.717) is 11.0 Å². The molecule has 102 valence electrons. The highest BCUT2D eigenvalue weighted by atomic mass is 79.9. The maximum Gasteiger partial charge on any atom is 0.147 e. The lowest BCUT2D eigenvalue weighted by molar-refractivity contribution is 0.423. The number of rotatable bonds is 3. The van der Waals surface area contributed by atoms with Gasteiger partial charge in [-0.2, -0.15) is 0 Å². The summed E-state index contributed by atoms with van der Waals surface area (Å²) in [4.78, 5) is 0. The van der Waals surface area contributed by atoms with Crippen LogP contribution in [0.2, 0.25) is 0 Å². The average molecular weight is 344 g/mol. The van der Waals surface area contributed by atoms with Crippen LogP contribution in [0.3, 0.4) is 0 Å². The van der Waals surface area contributed by atoms with E-state index >= 15 is 0 Å². The lowest BCUT2D eigenvalue weighted by Gasteiger charge is -2.19. The van der Waals surface area contributed by atoms with Crippen LogP contribution in [0.15, 0.2) is 22.7 Å². The van der Waals surface area contributed by atoms with E-state index in [-0.39, 0.29) is 11.4 Å². The normalized spacial score (nSPS) is 11.8. The van der Waals surface area contributed by atoms with Gasteiger partial charge in [-0.3, -0.25) is 0 Å². The van der Waals surface area contributed by atoms with Crippen molar-refractivity contribution < 1.29 is 4.39 Å². The first-order valence-corrected chi connectivity index (χ1v) is 7.49. The van der Waals surface area contributed by atoms with E-state index < -0.39 is 0 Å². The molecule has 2 rings (SSSR count). The van der Waals surface area contributed by atoms with E-state index in [0.717, 1.165) is 15.6 Å². The van der Waals surface area contributed by atoms with Gasteiger partial charge >= 0.3 is 0 Å². The largest absolute Gasteiger partial charge is 0.306 e. The Morgan fingerprint density at radius 1 is 1.32 bits per heavy atom. The fraction of sp³-hybridized carbons (Fsp3) is 0.385. The summed E-state index contributed by atoms with van der Waals surface area (Å²) in [6.07, 6.45) is 0. The third-order valence-corrected chi connectivity index (χ3v) is 4.02. The Bertz CT molecular complexity index is 578. The maximum absolute atomic E-state index is 13.5. The first kappa shape index (κ1) is 14.6. The molecule has 2 aromatic rings. The second-order valence-corrected chi connectivity index (χ2v) is 7.15. The van der Waals surface area contributed by atoms with Gasteiger partial charge in [-0.1, -0.05) is 17.4 Å². The molecule has 1 N–H and O–H groups in total. The number of benzene rings is 1. The van der Waals surface area contributed by atoms with Crippen molar-refractivity contribution in [3.05, 3.63) is 33.5 Å². The molecule has 0 amide bonds. The SMILES string of the molecule is CC(C)(C)NCc1nnc(-c2ccc(Br)c(F)c2)s1. The molecule has 0 aliphatic carbocycles. The minimum atomic E-state index is -0.290. The van der Waals surface area contributed by atoms with Crippen molar-refractivity contribution in [3.8, 4) is 10.6 Å². The molecule has 3 nitrogen and oxygen atoms in total. The smallest absolute Gasteiger partial charge is 0.147 e. The van der Waals surface area contributed by atoms with Gasteiger partial charge in [0.15, 0.2) is 0 Å². The molecule has 0 aliphatic rings. The van der Waals surface area contributed by atoms with Crippen LogP contribution >= 0.6 is 27.3 Å². The van der Waals surface area contributed by atoms with Gasteiger partial charge < -0.3 is 5.32 Å². The molecule has 1 aromatic heterocycles. The summed E-state index contributed by atoms with van der Waals surface area (Å²) in [7, 11) is 0. The fourth-order valence-corrected chi connectivity index (χ4v) is 2.43. The summed E-state index contributed by atoms with van der Waals surface area (Å²) in [6.45, 7) is 6.96. The molecule has 0 aliphatic heterocycles. The number of aromatic nitrogens is 2. The van der Waals surface area contributed by atoms with Gasteiger partial charge in [-0.15, -0.1) is 10.2 Å². The van der Waals surface area contributed by atoms with Gasteiger partial charge in [0.2, 0.25) is 0 Å². The summed E-state index contributed by atoms with van der Waals surface area (Å²) >= 11 is 4.61.